The number of anilines is 1. The molecule has 1 unspecified atom stereocenters. The van der Waals surface area contributed by atoms with Gasteiger partial charge in [0, 0.05) is 11.4 Å². The molecule has 0 aliphatic carbocycles. The largest absolute Gasteiger partial charge is 0.387 e. The Labute approximate surface area is 133 Å². The summed E-state index contributed by atoms with van der Waals surface area (Å²) >= 11 is 1.69. The van der Waals surface area contributed by atoms with E-state index in [2.05, 4.69) is 28.3 Å². The summed E-state index contributed by atoms with van der Waals surface area (Å²) in [7, 11) is 0. The second-order valence-electron chi connectivity index (χ2n) is 5.32. The number of thiophene rings is 1. The zero-order chi connectivity index (χ0) is 15.5. The predicted molar refractivity (Wildman–Crippen MR) is 91.4 cm³/mol. The van der Waals surface area contributed by atoms with Gasteiger partial charge in [-0.2, -0.15) is 0 Å². The van der Waals surface area contributed by atoms with Crippen LogP contribution in [-0.2, 0) is 6.42 Å². The molecule has 2 heterocycles. The van der Waals surface area contributed by atoms with E-state index < -0.39 is 6.10 Å². The molecule has 22 heavy (non-hydrogen) atoms. The van der Waals surface area contributed by atoms with Crippen molar-refractivity contribution in [2.24, 2.45) is 0 Å². The highest BCUT2D eigenvalue weighted by Crippen LogP contribution is 2.28. The molecule has 0 saturated heterocycles. The summed E-state index contributed by atoms with van der Waals surface area (Å²) in [5.74, 6) is 0.785. The molecule has 1 aromatic carbocycles. The van der Waals surface area contributed by atoms with E-state index in [1.54, 1.807) is 17.7 Å². The van der Waals surface area contributed by atoms with Crippen molar-refractivity contribution < 1.29 is 5.11 Å². The number of nitrogens with zero attached hydrogens (tertiary/aromatic N) is 2. The van der Waals surface area contributed by atoms with Gasteiger partial charge in [-0.1, -0.05) is 36.8 Å². The SMILES string of the molecule is CCc1cc2c(NCC(O)c3cccc(C)c3)ncnc2s1. The summed E-state index contributed by atoms with van der Waals surface area (Å²) in [6.45, 7) is 4.58. The highest BCUT2D eigenvalue weighted by molar-refractivity contribution is 7.18. The van der Waals surface area contributed by atoms with Crippen molar-refractivity contribution in [1.29, 1.82) is 0 Å². The average molecular weight is 313 g/mol. The Balaban J connectivity index is 1.77. The molecule has 0 fully saturated rings. The van der Waals surface area contributed by atoms with Gasteiger partial charge in [-0.15, -0.1) is 11.3 Å². The van der Waals surface area contributed by atoms with Gasteiger partial charge in [0.2, 0.25) is 0 Å². The number of rotatable bonds is 5. The van der Waals surface area contributed by atoms with Crippen LogP contribution in [0.2, 0.25) is 0 Å². The Morgan fingerprint density at radius 3 is 2.91 bits per heavy atom. The highest BCUT2D eigenvalue weighted by Gasteiger charge is 2.11. The molecule has 0 spiro atoms. The first kappa shape index (κ1) is 14.9. The molecule has 3 rings (SSSR count). The van der Waals surface area contributed by atoms with Crippen molar-refractivity contribution in [2.45, 2.75) is 26.4 Å². The van der Waals surface area contributed by atoms with Gasteiger partial charge in [0.15, 0.2) is 0 Å². The third-order valence-electron chi connectivity index (χ3n) is 3.62. The first-order chi connectivity index (χ1) is 10.7. The van der Waals surface area contributed by atoms with Crippen molar-refractivity contribution in [3.63, 3.8) is 0 Å². The fourth-order valence-electron chi connectivity index (χ4n) is 2.41. The maximum absolute atomic E-state index is 10.3. The number of aryl methyl sites for hydroxylation is 2. The Kier molecular flexibility index (Phi) is 4.36. The molecule has 0 saturated carbocycles. The molecule has 5 heteroatoms. The number of nitrogens with one attached hydrogen (secondary N) is 1. The lowest BCUT2D eigenvalue weighted by Gasteiger charge is -2.13. The van der Waals surface area contributed by atoms with Crippen molar-refractivity contribution in [3.05, 3.63) is 52.7 Å². The molecule has 0 bridgehead atoms. The molecule has 4 nitrogen and oxygen atoms in total. The minimum atomic E-state index is -0.561. The van der Waals surface area contributed by atoms with Crippen LogP contribution in [0.25, 0.3) is 10.2 Å². The minimum absolute atomic E-state index is 0.423. The zero-order valence-corrected chi connectivity index (χ0v) is 13.5. The van der Waals surface area contributed by atoms with Gasteiger partial charge in [-0.25, -0.2) is 9.97 Å². The first-order valence-electron chi connectivity index (χ1n) is 7.39. The molecule has 0 aliphatic rings. The third-order valence-corrected chi connectivity index (χ3v) is 4.81. The van der Waals surface area contributed by atoms with Crippen LogP contribution in [-0.4, -0.2) is 21.6 Å². The van der Waals surface area contributed by atoms with Crippen LogP contribution >= 0.6 is 11.3 Å². The summed E-state index contributed by atoms with van der Waals surface area (Å²) in [5, 5.41) is 14.6. The number of aliphatic hydroxyl groups is 1. The molecule has 0 radical (unpaired) electrons. The molecule has 3 aromatic rings. The second kappa shape index (κ2) is 6.42. The van der Waals surface area contributed by atoms with E-state index in [9.17, 15) is 5.11 Å². The summed E-state index contributed by atoms with van der Waals surface area (Å²) in [4.78, 5) is 10.9. The van der Waals surface area contributed by atoms with Crippen molar-refractivity contribution in [2.75, 3.05) is 11.9 Å². The van der Waals surface area contributed by atoms with Gasteiger partial charge in [-0.3, -0.25) is 0 Å². The standard InChI is InChI=1S/C17H19N3OS/c1-3-13-8-14-16(19-10-20-17(14)22-13)18-9-15(21)12-6-4-5-11(2)7-12/h4-8,10,15,21H,3,9H2,1-2H3,(H,18,19,20). The van der Waals surface area contributed by atoms with Crippen LogP contribution in [0.15, 0.2) is 36.7 Å². The average Bonchev–Trinajstić information content (AvgIpc) is 2.96. The van der Waals surface area contributed by atoms with Crippen LogP contribution in [0.1, 0.15) is 29.0 Å². The molecule has 0 aliphatic heterocycles. The molecule has 114 valence electrons. The maximum Gasteiger partial charge on any atom is 0.138 e. The van der Waals surface area contributed by atoms with E-state index in [-0.39, 0.29) is 0 Å². The quantitative estimate of drug-likeness (QED) is 0.754. The Morgan fingerprint density at radius 2 is 2.14 bits per heavy atom. The Hall–Kier alpha value is -1.98. The predicted octanol–water partition coefficient (Wildman–Crippen LogP) is 3.71. The lowest BCUT2D eigenvalue weighted by molar-refractivity contribution is 0.191. The van der Waals surface area contributed by atoms with Gasteiger partial charge in [0.1, 0.15) is 17.0 Å². The molecule has 1 atom stereocenters. The van der Waals surface area contributed by atoms with E-state index in [0.29, 0.717) is 6.54 Å². The summed E-state index contributed by atoms with van der Waals surface area (Å²) in [6.07, 6.45) is 2.00. The summed E-state index contributed by atoms with van der Waals surface area (Å²) in [6, 6.07) is 10.1. The normalized spacial score (nSPS) is 12.5. The van der Waals surface area contributed by atoms with Crippen LogP contribution in [0, 0.1) is 6.92 Å². The molecule has 0 amide bonds. The van der Waals surface area contributed by atoms with Crippen LogP contribution in [0.4, 0.5) is 5.82 Å². The smallest absolute Gasteiger partial charge is 0.138 e. The maximum atomic E-state index is 10.3. The second-order valence-corrected chi connectivity index (χ2v) is 6.43. The Bertz CT molecular complexity index is 784. The van der Waals surface area contributed by atoms with Crippen LogP contribution < -0.4 is 5.32 Å². The Morgan fingerprint density at radius 1 is 1.27 bits per heavy atom. The van der Waals surface area contributed by atoms with Gasteiger partial charge >= 0.3 is 0 Å². The zero-order valence-electron chi connectivity index (χ0n) is 12.7. The third kappa shape index (κ3) is 3.10. The number of benzene rings is 1. The molecular weight excluding hydrogens is 294 g/mol. The minimum Gasteiger partial charge on any atom is -0.387 e. The highest BCUT2D eigenvalue weighted by atomic mass is 32.1. The van der Waals surface area contributed by atoms with E-state index in [1.165, 1.54) is 4.88 Å². The molecule has 2 aromatic heterocycles. The lowest BCUT2D eigenvalue weighted by Crippen LogP contribution is -2.13. The van der Waals surface area contributed by atoms with Crippen LogP contribution in [0.3, 0.4) is 0 Å². The van der Waals surface area contributed by atoms with Crippen LogP contribution in [0.5, 0.6) is 0 Å². The summed E-state index contributed by atoms with van der Waals surface area (Å²) < 4.78 is 0. The van der Waals surface area contributed by atoms with Gasteiger partial charge < -0.3 is 10.4 Å². The molecular formula is C17H19N3OS. The van der Waals surface area contributed by atoms with Crippen molar-refractivity contribution in [1.82, 2.24) is 9.97 Å². The van der Waals surface area contributed by atoms with E-state index in [1.807, 2.05) is 31.2 Å². The number of hydrogen-bond acceptors (Lipinski definition) is 5. The van der Waals surface area contributed by atoms with Crippen molar-refractivity contribution in [3.8, 4) is 0 Å². The summed E-state index contributed by atoms with van der Waals surface area (Å²) in [5.41, 5.74) is 2.06. The topological polar surface area (TPSA) is 58.0 Å². The number of aromatic nitrogens is 2. The van der Waals surface area contributed by atoms with E-state index in [0.717, 1.165) is 33.6 Å². The first-order valence-corrected chi connectivity index (χ1v) is 8.21. The van der Waals surface area contributed by atoms with Gasteiger partial charge in [-0.05, 0) is 25.0 Å². The fraction of sp³-hybridized carbons (Fsp3) is 0.294. The van der Waals surface area contributed by atoms with Gasteiger partial charge in [0.25, 0.3) is 0 Å². The van der Waals surface area contributed by atoms with Gasteiger partial charge in [0.05, 0.1) is 11.5 Å². The molecule has 2 N–H and O–H groups in total. The number of fused-ring (bicyclic) bond motifs is 1. The number of aliphatic hydroxyl groups excluding tert-OH is 1. The van der Waals surface area contributed by atoms with Crippen molar-refractivity contribution >= 4 is 27.4 Å². The van der Waals surface area contributed by atoms with E-state index >= 15 is 0 Å². The number of hydrogen-bond donors (Lipinski definition) is 2. The van der Waals surface area contributed by atoms with E-state index in [4.69, 9.17) is 0 Å². The lowest BCUT2D eigenvalue weighted by atomic mass is 10.1. The fourth-order valence-corrected chi connectivity index (χ4v) is 3.34. The monoisotopic (exact) mass is 313 g/mol.